The molecular formula is C14H23F3N2O3. The van der Waals surface area contributed by atoms with Crippen LogP contribution in [-0.4, -0.2) is 35.9 Å². The van der Waals surface area contributed by atoms with E-state index in [4.69, 9.17) is 4.74 Å². The van der Waals surface area contributed by atoms with Gasteiger partial charge in [0.25, 0.3) is 0 Å². The highest BCUT2D eigenvalue weighted by Gasteiger charge is 2.34. The Morgan fingerprint density at radius 2 is 1.55 bits per heavy atom. The number of hydrogen-bond acceptors (Lipinski definition) is 3. The summed E-state index contributed by atoms with van der Waals surface area (Å²) in [5.41, 5.74) is -0.659. The fourth-order valence-electron chi connectivity index (χ4n) is 2.38. The molecule has 0 aromatic carbocycles. The lowest BCUT2D eigenvalue weighted by Crippen LogP contribution is -2.54. The van der Waals surface area contributed by atoms with Crippen molar-refractivity contribution in [3.05, 3.63) is 0 Å². The number of carbonyl (C=O) groups excluding carboxylic acids is 2. The molecule has 1 aliphatic carbocycles. The fourth-order valence-corrected chi connectivity index (χ4v) is 2.38. The van der Waals surface area contributed by atoms with Crippen LogP contribution in [0.2, 0.25) is 0 Å². The molecule has 0 aromatic rings. The van der Waals surface area contributed by atoms with Crippen molar-refractivity contribution in [2.45, 2.75) is 76.7 Å². The number of rotatable bonds is 3. The van der Waals surface area contributed by atoms with E-state index in [2.05, 4.69) is 10.6 Å². The number of hydrogen-bond donors (Lipinski definition) is 2. The smallest absolute Gasteiger partial charge is 0.407 e. The first kappa shape index (κ1) is 18.6. The average Bonchev–Trinajstić information content (AvgIpc) is 2.26. The molecule has 1 aliphatic rings. The monoisotopic (exact) mass is 324 g/mol. The Labute approximate surface area is 128 Å². The van der Waals surface area contributed by atoms with Crippen molar-refractivity contribution >= 4 is 12.0 Å². The highest BCUT2D eigenvalue weighted by atomic mass is 19.4. The van der Waals surface area contributed by atoms with Gasteiger partial charge in [0, 0.05) is 6.04 Å². The van der Waals surface area contributed by atoms with Crippen molar-refractivity contribution in [2.24, 2.45) is 0 Å². The van der Waals surface area contributed by atoms with Gasteiger partial charge in [0.05, 0.1) is 6.04 Å². The second-order valence-electron chi connectivity index (χ2n) is 6.50. The van der Waals surface area contributed by atoms with E-state index in [1.165, 1.54) is 0 Å². The van der Waals surface area contributed by atoms with Crippen LogP contribution in [-0.2, 0) is 9.53 Å². The first-order chi connectivity index (χ1) is 9.96. The lowest BCUT2D eigenvalue weighted by Gasteiger charge is -2.33. The average molecular weight is 324 g/mol. The predicted octanol–water partition coefficient (Wildman–Crippen LogP) is 2.89. The SMILES string of the molecule is CC(C)(C)OC(=O)N[C@H]1CCCC[C@H]1NC(=O)CC(F)(F)F. The molecule has 1 saturated carbocycles. The van der Waals surface area contributed by atoms with Gasteiger partial charge >= 0.3 is 12.3 Å². The van der Waals surface area contributed by atoms with Gasteiger partial charge in [-0.15, -0.1) is 0 Å². The van der Waals surface area contributed by atoms with Crippen molar-refractivity contribution < 1.29 is 27.5 Å². The van der Waals surface area contributed by atoms with Gasteiger partial charge in [0.15, 0.2) is 0 Å². The molecule has 0 bridgehead atoms. The van der Waals surface area contributed by atoms with E-state index in [9.17, 15) is 22.8 Å². The van der Waals surface area contributed by atoms with E-state index >= 15 is 0 Å². The lowest BCUT2D eigenvalue weighted by molar-refractivity contribution is -0.154. The molecule has 0 aromatic heterocycles. The standard InChI is InChI=1S/C14H23F3N2O3/c1-13(2,3)22-12(21)19-10-7-5-4-6-9(10)18-11(20)8-14(15,16)17/h9-10H,4-8H2,1-3H3,(H,18,20)(H,19,21)/t9-,10+/m1/s1. The molecule has 8 heteroatoms. The summed E-state index contributed by atoms with van der Waals surface area (Å²) < 4.78 is 41.7. The maximum absolute atomic E-state index is 12.2. The molecule has 1 rings (SSSR count). The largest absolute Gasteiger partial charge is 0.444 e. The number of carbonyl (C=O) groups is 2. The third-order valence-corrected chi connectivity index (χ3v) is 3.18. The van der Waals surface area contributed by atoms with Gasteiger partial charge in [0.2, 0.25) is 5.91 Å². The van der Waals surface area contributed by atoms with E-state index in [-0.39, 0.29) is 0 Å². The summed E-state index contributed by atoms with van der Waals surface area (Å²) in [6.07, 6.45) is -3.92. The number of halogens is 3. The van der Waals surface area contributed by atoms with Gasteiger partial charge in [-0.25, -0.2) is 4.79 Å². The lowest BCUT2D eigenvalue weighted by atomic mass is 9.90. The summed E-state index contributed by atoms with van der Waals surface area (Å²) in [6.45, 7) is 5.15. The zero-order chi connectivity index (χ0) is 17.0. The van der Waals surface area contributed by atoms with Gasteiger partial charge in [-0.3, -0.25) is 4.79 Å². The molecule has 0 saturated heterocycles. The summed E-state index contributed by atoms with van der Waals surface area (Å²) in [5, 5.41) is 5.00. The fraction of sp³-hybridized carbons (Fsp3) is 0.857. The van der Waals surface area contributed by atoms with Crippen molar-refractivity contribution in [1.82, 2.24) is 10.6 Å². The number of nitrogens with one attached hydrogen (secondary N) is 2. The molecule has 0 aliphatic heterocycles. The van der Waals surface area contributed by atoms with E-state index in [1.807, 2.05) is 0 Å². The zero-order valence-electron chi connectivity index (χ0n) is 13.0. The van der Waals surface area contributed by atoms with Crippen molar-refractivity contribution in [3.63, 3.8) is 0 Å². The van der Waals surface area contributed by atoms with Crippen LogP contribution in [0, 0.1) is 0 Å². The van der Waals surface area contributed by atoms with Gasteiger partial charge < -0.3 is 15.4 Å². The summed E-state index contributed by atoms with van der Waals surface area (Å²) in [5.74, 6) is -1.07. The van der Waals surface area contributed by atoms with Crippen LogP contribution >= 0.6 is 0 Å². The van der Waals surface area contributed by atoms with Crippen molar-refractivity contribution in [3.8, 4) is 0 Å². The maximum atomic E-state index is 12.2. The maximum Gasteiger partial charge on any atom is 0.407 e. The number of alkyl halides is 3. The van der Waals surface area contributed by atoms with E-state index in [0.717, 1.165) is 12.8 Å². The summed E-state index contributed by atoms with van der Waals surface area (Å²) in [6, 6.07) is -0.920. The Hall–Kier alpha value is -1.47. The summed E-state index contributed by atoms with van der Waals surface area (Å²) in [7, 11) is 0. The molecular weight excluding hydrogens is 301 g/mol. The molecule has 128 valence electrons. The number of amides is 2. The molecule has 1 fully saturated rings. The third-order valence-electron chi connectivity index (χ3n) is 3.18. The second kappa shape index (κ2) is 7.19. The molecule has 0 heterocycles. The molecule has 0 radical (unpaired) electrons. The Balaban J connectivity index is 2.56. The second-order valence-corrected chi connectivity index (χ2v) is 6.50. The summed E-state index contributed by atoms with van der Waals surface area (Å²) >= 11 is 0. The van der Waals surface area contributed by atoms with Crippen LogP contribution in [0.4, 0.5) is 18.0 Å². The quantitative estimate of drug-likeness (QED) is 0.839. The van der Waals surface area contributed by atoms with Crippen LogP contribution in [0.5, 0.6) is 0 Å². The minimum atomic E-state index is -4.53. The van der Waals surface area contributed by atoms with Crippen LogP contribution in [0.25, 0.3) is 0 Å². The summed E-state index contributed by atoms with van der Waals surface area (Å²) in [4.78, 5) is 23.2. The zero-order valence-corrected chi connectivity index (χ0v) is 13.0. The van der Waals surface area contributed by atoms with Crippen molar-refractivity contribution in [2.75, 3.05) is 0 Å². The first-order valence-corrected chi connectivity index (χ1v) is 7.32. The predicted molar refractivity (Wildman–Crippen MR) is 74.2 cm³/mol. The molecule has 22 heavy (non-hydrogen) atoms. The third kappa shape index (κ3) is 7.51. The van der Waals surface area contributed by atoms with Crippen molar-refractivity contribution in [1.29, 1.82) is 0 Å². The highest BCUT2D eigenvalue weighted by Crippen LogP contribution is 2.22. The number of alkyl carbamates (subject to hydrolysis) is 1. The minimum Gasteiger partial charge on any atom is -0.444 e. The van der Waals surface area contributed by atoms with Gasteiger partial charge in [-0.1, -0.05) is 12.8 Å². The van der Waals surface area contributed by atoms with Gasteiger partial charge in [-0.2, -0.15) is 13.2 Å². The minimum absolute atomic E-state index is 0.416. The van der Waals surface area contributed by atoms with E-state index in [0.29, 0.717) is 12.8 Å². The Morgan fingerprint density at radius 1 is 1.05 bits per heavy atom. The molecule has 2 amide bonds. The Morgan fingerprint density at radius 3 is 2.00 bits per heavy atom. The Kier molecular flexibility index (Phi) is 6.08. The number of ether oxygens (including phenoxy) is 1. The van der Waals surface area contributed by atoms with E-state index in [1.54, 1.807) is 20.8 Å². The molecule has 2 atom stereocenters. The topological polar surface area (TPSA) is 67.4 Å². The van der Waals surface area contributed by atoms with Gasteiger partial charge in [0.1, 0.15) is 12.0 Å². The van der Waals surface area contributed by atoms with Crippen LogP contribution in [0.15, 0.2) is 0 Å². The normalized spacial score (nSPS) is 22.8. The molecule has 0 spiro atoms. The molecule has 2 N–H and O–H groups in total. The first-order valence-electron chi connectivity index (χ1n) is 7.32. The van der Waals surface area contributed by atoms with E-state index < -0.39 is 42.3 Å². The van der Waals surface area contributed by atoms with Crippen LogP contribution in [0.1, 0.15) is 52.9 Å². The van der Waals surface area contributed by atoms with Crippen LogP contribution < -0.4 is 10.6 Å². The molecule has 0 unspecified atom stereocenters. The van der Waals surface area contributed by atoms with Crippen LogP contribution in [0.3, 0.4) is 0 Å². The highest BCUT2D eigenvalue weighted by molar-refractivity contribution is 5.77. The molecule has 5 nitrogen and oxygen atoms in total. The Bertz CT molecular complexity index is 367. The van der Waals surface area contributed by atoms with Gasteiger partial charge in [-0.05, 0) is 33.6 Å².